The maximum atomic E-state index is 4.31. The van der Waals surface area contributed by atoms with Crippen molar-refractivity contribution in [2.45, 2.75) is 31.6 Å². The molecule has 1 fully saturated rings. The molecular formula is C36H32N4. The fraction of sp³-hybridized carbons (Fsp3) is 0.167. The molecule has 196 valence electrons. The van der Waals surface area contributed by atoms with Crippen molar-refractivity contribution in [3.8, 4) is 0 Å². The van der Waals surface area contributed by atoms with Crippen molar-refractivity contribution in [3.63, 3.8) is 0 Å². The number of nitrogens with zero attached hydrogens (tertiary/aromatic N) is 4. The van der Waals surface area contributed by atoms with Crippen molar-refractivity contribution in [3.05, 3.63) is 155 Å². The number of aromatic nitrogens is 4. The number of aryl methyl sites for hydroxylation is 1. The number of benzene rings is 1. The zero-order chi connectivity index (χ0) is 27.3. The molecule has 6 rings (SSSR count). The van der Waals surface area contributed by atoms with E-state index in [4.69, 9.17) is 0 Å². The van der Waals surface area contributed by atoms with Crippen molar-refractivity contribution in [1.82, 2.24) is 19.9 Å². The number of hydrogen-bond acceptors (Lipinski definition) is 4. The van der Waals surface area contributed by atoms with Crippen LogP contribution in [0.4, 0.5) is 0 Å². The Morgan fingerprint density at radius 1 is 0.500 bits per heavy atom. The summed E-state index contributed by atoms with van der Waals surface area (Å²) < 4.78 is 0. The molecule has 0 N–H and O–H groups in total. The van der Waals surface area contributed by atoms with Gasteiger partial charge in [-0.25, -0.2) is 0 Å². The average Bonchev–Trinajstić information content (AvgIpc) is 3.00. The highest BCUT2D eigenvalue weighted by atomic mass is 14.6. The second-order valence-electron chi connectivity index (χ2n) is 10.6. The van der Waals surface area contributed by atoms with E-state index in [9.17, 15) is 0 Å². The SMILES string of the molecule is Cc1cc(/C=C/c2ccncc2)c(C2C(c3ccncc3)C(C)C2c2ccncc2)cc1/C=C/c1ccncc1. The summed E-state index contributed by atoms with van der Waals surface area (Å²) in [5.74, 6) is 1.55. The van der Waals surface area contributed by atoms with Gasteiger partial charge in [-0.15, -0.1) is 0 Å². The molecule has 0 amide bonds. The largest absolute Gasteiger partial charge is 0.265 e. The lowest BCUT2D eigenvalue weighted by atomic mass is 9.51. The molecule has 0 radical (unpaired) electrons. The molecule has 1 saturated carbocycles. The van der Waals surface area contributed by atoms with E-state index in [0.29, 0.717) is 23.7 Å². The van der Waals surface area contributed by atoms with Gasteiger partial charge in [-0.05, 0) is 124 Å². The Bertz CT molecular complexity index is 1570. The normalized spacial score (nSPS) is 20.6. The van der Waals surface area contributed by atoms with Crippen molar-refractivity contribution in [2.24, 2.45) is 5.92 Å². The smallest absolute Gasteiger partial charge is 0.0273 e. The van der Waals surface area contributed by atoms with Crippen LogP contribution in [0.2, 0.25) is 0 Å². The highest BCUT2D eigenvalue weighted by molar-refractivity contribution is 5.77. The topological polar surface area (TPSA) is 51.6 Å². The van der Waals surface area contributed by atoms with Crippen LogP contribution in [0.25, 0.3) is 24.3 Å². The Hall–Kier alpha value is -4.70. The third-order valence-corrected chi connectivity index (χ3v) is 8.24. The Morgan fingerprint density at radius 2 is 0.925 bits per heavy atom. The maximum Gasteiger partial charge on any atom is 0.0273 e. The summed E-state index contributed by atoms with van der Waals surface area (Å²) in [6, 6.07) is 21.6. The van der Waals surface area contributed by atoms with Gasteiger partial charge < -0.3 is 0 Å². The molecule has 1 aromatic carbocycles. The van der Waals surface area contributed by atoms with E-state index in [1.807, 2.05) is 73.8 Å². The zero-order valence-electron chi connectivity index (χ0n) is 22.8. The van der Waals surface area contributed by atoms with Crippen LogP contribution in [-0.4, -0.2) is 19.9 Å². The first-order valence-electron chi connectivity index (χ1n) is 13.8. The van der Waals surface area contributed by atoms with E-state index >= 15 is 0 Å². The summed E-state index contributed by atoms with van der Waals surface area (Å²) in [5.41, 5.74) is 10.1. The number of hydrogen-bond donors (Lipinski definition) is 0. The van der Waals surface area contributed by atoms with Crippen molar-refractivity contribution >= 4 is 24.3 Å². The quantitative estimate of drug-likeness (QED) is 0.217. The zero-order valence-corrected chi connectivity index (χ0v) is 22.8. The van der Waals surface area contributed by atoms with E-state index in [0.717, 1.165) is 11.1 Å². The molecule has 0 aliphatic heterocycles. The van der Waals surface area contributed by atoms with Gasteiger partial charge in [-0.1, -0.05) is 43.4 Å². The lowest BCUT2D eigenvalue weighted by Crippen LogP contribution is -2.40. The van der Waals surface area contributed by atoms with Gasteiger partial charge in [-0.2, -0.15) is 0 Å². The minimum Gasteiger partial charge on any atom is -0.265 e. The molecule has 0 bridgehead atoms. The molecule has 4 nitrogen and oxygen atoms in total. The van der Waals surface area contributed by atoms with Gasteiger partial charge >= 0.3 is 0 Å². The van der Waals surface area contributed by atoms with Gasteiger partial charge in [-0.3, -0.25) is 19.9 Å². The first kappa shape index (κ1) is 25.6. The molecule has 2 atom stereocenters. The summed E-state index contributed by atoms with van der Waals surface area (Å²) in [4.78, 5) is 17.0. The van der Waals surface area contributed by atoms with Gasteiger partial charge in [0.2, 0.25) is 0 Å². The molecule has 5 aromatic rings. The van der Waals surface area contributed by atoms with Gasteiger partial charge in [0.25, 0.3) is 0 Å². The average molecular weight is 521 g/mol. The first-order valence-corrected chi connectivity index (χ1v) is 13.8. The molecule has 1 aliphatic carbocycles. The molecular weight excluding hydrogens is 488 g/mol. The fourth-order valence-corrected chi connectivity index (χ4v) is 6.23. The lowest BCUT2D eigenvalue weighted by Gasteiger charge is -2.52. The predicted octanol–water partition coefficient (Wildman–Crippen LogP) is 8.22. The van der Waals surface area contributed by atoms with Gasteiger partial charge in [0.15, 0.2) is 0 Å². The molecule has 0 saturated heterocycles. The van der Waals surface area contributed by atoms with Gasteiger partial charge in [0.1, 0.15) is 0 Å². The highest BCUT2D eigenvalue weighted by Gasteiger charge is 2.50. The number of pyridine rings is 4. The first-order chi connectivity index (χ1) is 19.7. The fourth-order valence-electron chi connectivity index (χ4n) is 6.23. The Labute approximate surface area is 236 Å². The van der Waals surface area contributed by atoms with Crippen LogP contribution < -0.4 is 0 Å². The molecule has 0 spiro atoms. The second-order valence-corrected chi connectivity index (χ2v) is 10.6. The van der Waals surface area contributed by atoms with Crippen molar-refractivity contribution in [2.75, 3.05) is 0 Å². The second kappa shape index (κ2) is 11.6. The molecule has 4 heterocycles. The van der Waals surface area contributed by atoms with Crippen LogP contribution >= 0.6 is 0 Å². The van der Waals surface area contributed by atoms with E-state index in [2.05, 4.69) is 94.5 Å². The van der Waals surface area contributed by atoms with Crippen molar-refractivity contribution < 1.29 is 0 Å². The third kappa shape index (κ3) is 5.26. The van der Waals surface area contributed by atoms with Crippen LogP contribution in [0.15, 0.2) is 110 Å². The summed E-state index contributed by atoms with van der Waals surface area (Å²) in [6.07, 6.45) is 23.9. The highest BCUT2D eigenvalue weighted by Crippen LogP contribution is 2.62. The van der Waals surface area contributed by atoms with E-state index in [1.165, 1.54) is 33.4 Å². The Kier molecular flexibility index (Phi) is 7.41. The third-order valence-electron chi connectivity index (χ3n) is 8.24. The van der Waals surface area contributed by atoms with E-state index in [-0.39, 0.29) is 0 Å². The van der Waals surface area contributed by atoms with E-state index < -0.39 is 0 Å². The Morgan fingerprint density at radius 3 is 1.40 bits per heavy atom. The standard InChI is InChI=1S/C36H32N4/c1-25-23-32(6-4-28-9-17-38-18-10-28)33(24-31(25)5-3-27-7-15-37-16-8-27)36-34(29-11-19-39-20-12-29)26(2)35(36)30-13-21-40-22-14-30/h3-24,26,34-36H,1-2H3/b5-3+,6-4+. The van der Waals surface area contributed by atoms with Crippen LogP contribution in [0.3, 0.4) is 0 Å². The summed E-state index contributed by atoms with van der Waals surface area (Å²) in [5, 5.41) is 0. The van der Waals surface area contributed by atoms with E-state index in [1.54, 1.807) is 0 Å². The monoisotopic (exact) mass is 520 g/mol. The van der Waals surface area contributed by atoms with Crippen LogP contribution in [0, 0.1) is 12.8 Å². The molecule has 2 unspecified atom stereocenters. The molecule has 1 aliphatic rings. The predicted molar refractivity (Wildman–Crippen MR) is 163 cm³/mol. The number of rotatable bonds is 7. The lowest BCUT2D eigenvalue weighted by molar-refractivity contribution is 0.174. The molecule has 4 aromatic heterocycles. The van der Waals surface area contributed by atoms with Crippen LogP contribution in [-0.2, 0) is 0 Å². The summed E-state index contributed by atoms with van der Waals surface area (Å²) >= 11 is 0. The molecule has 40 heavy (non-hydrogen) atoms. The van der Waals surface area contributed by atoms with Crippen molar-refractivity contribution in [1.29, 1.82) is 0 Å². The maximum absolute atomic E-state index is 4.31. The van der Waals surface area contributed by atoms with Gasteiger partial charge in [0, 0.05) is 49.6 Å². The summed E-state index contributed by atoms with van der Waals surface area (Å²) in [7, 11) is 0. The van der Waals surface area contributed by atoms with Crippen LogP contribution in [0.5, 0.6) is 0 Å². The van der Waals surface area contributed by atoms with Crippen LogP contribution in [0.1, 0.15) is 69.2 Å². The van der Waals surface area contributed by atoms with Gasteiger partial charge in [0.05, 0.1) is 0 Å². The molecule has 4 heteroatoms. The minimum atomic E-state index is 0.311. The summed E-state index contributed by atoms with van der Waals surface area (Å²) in [6.45, 7) is 4.58. The minimum absolute atomic E-state index is 0.311. The Balaban J connectivity index is 1.50.